The molecule has 1 aliphatic rings. The van der Waals surface area contributed by atoms with Crippen LogP contribution < -0.4 is 0 Å². The average Bonchev–Trinajstić information content (AvgIpc) is 3.01. The second-order valence-electron chi connectivity index (χ2n) is 6.79. The Bertz CT molecular complexity index is 236. The van der Waals surface area contributed by atoms with Crippen LogP contribution in [0.2, 0.25) is 0 Å². The van der Waals surface area contributed by atoms with Gasteiger partial charge < -0.3 is 0 Å². The van der Waals surface area contributed by atoms with Gasteiger partial charge in [0, 0.05) is 12.3 Å². The second kappa shape index (κ2) is 7.59. The molecule has 0 aliphatic heterocycles. The molecule has 1 atom stereocenters. The molecule has 0 aromatic heterocycles. The highest BCUT2D eigenvalue weighted by Gasteiger charge is 2.63. The first-order chi connectivity index (χ1) is 8.96. The van der Waals surface area contributed by atoms with E-state index in [1.54, 1.807) is 0 Å². The highest BCUT2D eigenvalue weighted by molar-refractivity contribution is 5.04. The van der Waals surface area contributed by atoms with Crippen molar-refractivity contribution in [3.05, 3.63) is 0 Å². The van der Waals surface area contributed by atoms with Crippen LogP contribution in [-0.2, 0) is 0 Å². The quantitative estimate of drug-likeness (QED) is 0.373. The number of halogens is 2. The molecule has 2 heteroatoms. The molecule has 114 valence electrons. The van der Waals surface area contributed by atoms with Crippen molar-refractivity contribution >= 4 is 0 Å². The average molecular weight is 274 g/mol. The molecule has 1 saturated carbocycles. The summed E-state index contributed by atoms with van der Waals surface area (Å²) in [7, 11) is 0. The Hall–Kier alpha value is -0.140. The third-order valence-corrected chi connectivity index (χ3v) is 4.87. The van der Waals surface area contributed by atoms with E-state index in [0.717, 1.165) is 25.7 Å². The third kappa shape index (κ3) is 5.39. The molecular weight excluding hydrogens is 242 g/mol. The van der Waals surface area contributed by atoms with Crippen molar-refractivity contribution in [2.45, 2.75) is 97.3 Å². The Balaban J connectivity index is 2.39. The van der Waals surface area contributed by atoms with Gasteiger partial charge in [-0.2, -0.15) is 0 Å². The predicted octanol–water partition coefficient (Wildman–Crippen LogP) is 6.59. The molecule has 0 aromatic carbocycles. The minimum absolute atomic E-state index is 0.106. The fourth-order valence-corrected chi connectivity index (χ4v) is 3.35. The normalized spacial score (nSPS) is 21.6. The van der Waals surface area contributed by atoms with Crippen LogP contribution >= 0.6 is 0 Å². The number of rotatable bonds is 11. The third-order valence-electron chi connectivity index (χ3n) is 4.87. The zero-order valence-electron chi connectivity index (χ0n) is 13.1. The smallest absolute Gasteiger partial charge is 0.207 e. The van der Waals surface area contributed by atoms with E-state index in [0.29, 0.717) is 0 Å². The van der Waals surface area contributed by atoms with E-state index in [4.69, 9.17) is 0 Å². The molecule has 0 heterocycles. The zero-order valence-corrected chi connectivity index (χ0v) is 13.1. The Labute approximate surface area is 118 Å². The Morgan fingerprint density at radius 2 is 1.32 bits per heavy atom. The summed E-state index contributed by atoms with van der Waals surface area (Å²) in [6.45, 7) is 6.51. The summed E-state index contributed by atoms with van der Waals surface area (Å²) in [6.07, 6.45) is 11.7. The van der Waals surface area contributed by atoms with Gasteiger partial charge in [0.05, 0.1) is 0 Å². The summed E-state index contributed by atoms with van der Waals surface area (Å²) >= 11 is 0. The van der Waals surface area contributed by atoms with Gasteiger partial charge in [-0.05, 0) is 18.3 Å². The predicted molar refractivity (Wildman–Crippen MR) is 78.7 cm³/mol. The second-order valence-corrected chi connectivity index (χ2v) is 6.79. The topological polar surface area (TPSA) is 0 Å². The van der Waals surface area contributed by atoms with Gasteiger partial charge in [-0.1, -0.05) is 72.1 Å². The molecule has 19 heavy (non-hydrogen) atoms. The molecular formula is C17H32F2. The lowest BCUT2D eigenvalue weighted by molar-refractivity contribution is 0.0515. The summed E-state index contributed by atoms with van der Waals surface area (Å²) in [4.78, 5) is 0. The standard InChI is InChI=1S/C17H32F2/c1-4-6-8-10-12-16(3,13-11-9-7-5-2)15-14-17(15,18)19/h15H,4-14H2,1-3H3. The maximum Gasteiger partial charge on any atom is 0.252 e. The summed E-state index contributed by atoms with van der Waals surface area (Å²) in [5.41, 5.74) is -0.106. The van der Waals surface area contributed by atoms with Gasteiger partial charge in [0.1, 0.15) is 0 Å². The molecule has 0 aromatic rings. The molecule has 1 fully saturated rings. The molecule has 0 spiro atoms. The van der Waals surface area contributed by atoms with Gasteiger partial charge >= 0.3 is 0 Å². The zero-order chi connectivity index (χ0) is 14.4. The van der Waals surface area contributed by atoms with Crippen molar-refractivity contribution in [3.8, 4) is 0 Å². The summed E-state index contributed by atoms with van der Waals surface area (Å²) in [6, 6.07) is 0. The van der Waals surface area contributed by atoms with Crippen LogP contribution in [0.25, 0.3) is 0 Å². The van der Waals surface area contributed by atoms with Crippen LogP contribution in [0.5, 0.6) is 0 Å². The highest BCUT2D eigenvalue weighted by atomic mass is 19.3. The number of hydrogen-bond acceptors (Lipinski definition) is 0. The molecule has 1 unspecified atom stereocenters. The van der Waals surface area contributed by atoms with Crippen LogP contribution in [0.1, 0.15) is 91.4 Å². The molecule has 0 radical (unpaired) electrons. The fraction of sp³-hybridized carbons (Fsp3) is 1.00. The van der Waals surface area contributed by atoms with E-state index < -0.39 is 5.92 Å². The largest absolute Gasteiger partial charge is 0.252 e. The lowest BCUT2D eigenvalue weighted by Gasteiger charge is -2.30. The van der Waals surface area contributed by atoms with Crippen molar-refractivity contribution in [2.24, 2.45) is 11.3 Å². The maximum atomic E-state index is 13.4. The van der Waals surface area contributed by atoms with Crippen molar-refractivity contribution in [3.63, 3.8) is 0 Å². The Morgan fingerprint density at radius 1 is 0.895 bits per heavy atom. The Morgan fingerprint density at radius 3 is 1.63 bits per heavy atom. The number of hydrogen-bond donors (Lipinski definition) is 0. The Kier molecular flexibility index (Phi) is 6.76. The lowest BCUT2D eigenvalue weighted by Crippen LogP contribution is -2.23. The first-order valence-electron chi connectivity index (χ1n) is 8.34. The van der Waals surface area contributed by atoms with Crippen LogP contribution in [0.3, 0.4) is 0 Å². The highest BCUT2D eigenvalue weighted by Crippen LogP contribution is 2.61. The molecule has 0 N–H and O–H groups in total. The molecule has 0 saturated heterocycles. The van der Waals surface area contributed by atoms with Gasteiger partial charge in [0.2, 0.25) is 0 Å². The van der Waals surface area contributed by atoms with Crippen LogP contribution in [-0.4, -0.2) is 5.92 Å². The molecule has 0 amide bonds. The fourth-order valence-electron chi connectivity index (χ4n) is 3.35. The lowest BCUT2D eigenvalue weighted by atomic mass is 9.75. The van der Waals surface area contributed by atoms with E-state index in [2.05, 4.69) is 20.8 Å². The van der Waals surface area contributed by atoms with E-state index in [1.165, 1.54) is 38.5 Å². The number of alkyl halides is 2. The molecule has 0 bridgehead atoms. The monoisotopic (exact) mass is 274 g/mol. The first-order valence-corrected chi connectivity index (χ1v) is 8.34. The minimum Gasteiger partial charge on any atom is -0.207 e. The van der Waals surface area contributed by atoms with Crippen molar-refractivity contribution in [1.29, 1.82) is 0 Å². The summed E-state index contributed by atoms with van der Waals surface area (Å²) < 4.78 is 26.9. The van der Waals surface area contributed by atoms with Crippen LogP contribution in [0.15, 0.2) is 0 Å². The van der Waals surface area contributed by atoms with Gasteiger partial charge in [-0.3, -0.25) is 0 Å². The van der Waals surface area contributed by atoms with Crippen molar-refractivity contribution in [1.82, 2.24) is 0 Å². The minimum atomic E-state index is -2.36. The van der Waals surface area contributed by atoms with Crippen LogP contribution in [0.4, 0.5) is 8.78 Å². The van der Waals surface area contributed by atoms with Crippen molar-refractivity contribution in [2.75, 3.05) is 0 Å². The van der Waals surface area contributed by atoms with Gasteiger partial charge in [0.15, 0.2) is 0 Å². The summed E-state index contributed by atoms with van der Waals surface area (Å²) in [5.74, 6) is -2.69. The first kappa shape index (κ1) is 16.9. The van der Waals surface area contributed by atoms with E-state index >= 15 is 0 Å². The molecule has 1 rings (SSSR count). The van der Waals surface area contributed by atoms with Gasteiger partial charge in [0.25, 0.3) is 5.92 Å². The van der Waals surface area contributed by atoms with E-state index in [-0.39, 0.29) is 17.8 Å². The maximum absolute atomic E-state index is 13.4. The van der Waals surface area contributed by atoms with Gasteiger partial charge in [-0.15, -0.1) is 0 Å². The van der Waals surface area contributed by atoms with Crippen LogP contribution in [0, 0.1) is 11.3 Å². The van der Waals surface area contributed by atoms with E-state index in [1.807, 2.05) is 0 Å². The number of unbranched alkanes of at least 4 members (excludes halogenated alkanes) is 6. The van der Waals surface area contributed by atoms with Gasteiger partial charge in [-0.25, -0.2) is 8.78 Å². The van der Waals surface area contributed by atoms with E-state index in [9.17, 15) is 8.78 Å². The molecule has 1 aliphatic carbocycles. The molecule has 0 nitrogen and oxygen atoms in total. The summed E-state index contributed by atoms with van der Waals surface area (Å²) in [5, 5.41) is 0. The van der Waals surface area contributed by atoms with Crippen molar-refractivity contribution < 1.29 is 8.78 Å². The SMILES string of the molecule is CCCCCCC(C)(CCCCCC)C1CC1(F)F.